The number of ether oxygens (including phenoxy) is 1. The maximum atomic E-state index is 10.8. The Morgan fingerprint density at radius 3 is 2.79 bits per heavy atom. The Morgan fingerprint density at radius 2 is 1.93 bits per heavy atom. The lowest BCUT2D eigenvalue weighted by molar-refractivity contribution is 0.00723. The zero-order valence-electron chi connectivity index (χ0n) is 15.7. The zero-order chi connectivity index (χ0) is 19.1. The number of hydrogen-bond acceptors (Lipinski definition) is 5. The molecular weight excluding hydrogens is 352 g/mol. The molecule has 1 aromatic carbocycles. The van der Waals surface area contributed by atoms with Gasteiger partial charge in [-0.25, -0.2) is 9.97 Å². The fourth-order valence-corrected chi connectivity index (χ4v) is 3.96. The first-order valence-electron chi connectivity index (χ1n) is 9.64. The Hall–Kier alpha value is -2.83. The predicted molar refractivity (Wildman–Crippen MR) is 108 cm³/mol. The van der Waals surface area contributed by atoms with E-state index in [1.165, 1.54) is 0 Å². The van der Waals surface area contributed by atoms with E-state index in [4.69, 9.17) is 9.72 Å². The number of pyridine rings is 2. The fourth-order valence-electron chi connectivity index (χ4n) is 3.96. The van der Waals surface area contributed by atoms with Gasteiger partial charge in [0.05, 0.1) is 17.3 Å². The van der Waals surface area contributed by atoms with Crippen LogP contribution >= 0.6 is 0 Å². The van der Waals surface area contributed by atoms with Gasteiger partial charge in [0.25, 0.3) is 0 Å². The quantitative estimate of drug-likeness (QED) is 0.593. The van der Waals surface area contributed by atoms with Gasteiger partial charge in [0.1, 0.15) is 0 Å². The van der Waals surface area contributed by atoms with E-state index in [0.29, 0.717) is 0 Å². The third-order valence-electron chi connectivity index (χ3n) is 5.54. The smallest absolute Gasteiger partial charge is 0.181 e. The van der Waals surface area contributed by atoms with E-state index in [2.05, 4.69) is 22.2 Å². The number of aromatic nitrogens is 4. The van der Waals surface area contributed by atoms with Crippen LogP contribution in [0.15, 0.2) is 48.8 Å². The number of fused-ring (bicyclic) bond motifs is 2. The van der Waals surface area contributed by atoms with Gasteiger partial charge in [-0.05, 0) is 42.5 Å². The number of aliphatic hydroxyl groups is 1. The molecule has 6 heteroatoms. The van der Waals surface area contributed by atoms with Crippen molar-refractivity contribution in [2.24, 2.45) is 13.0 Å². The molecule has 1 atom stereocenters. The second kappa shape index (κ2) is 6.96. The van der Waals surface area contributed by atoms with Crippen LogP contribution in [0.3, 0.4) is 0 Å². The molecule has 0 saturated carbocycles. The zero-order valence-corrected chi connectivity index (χ0v) is 15.7. The number of aryl methyl sites for hydroxylation is 1. The molecule has 1 aliphatic rings. The highest BCUT2D eigenvalue weighted by Gasteiger charge is 2.23. The van der Waals surface area contributed by atoms with Gasteiger partial charge in [0.2, 0.25) is 0 Å². The van der Waals surface area contributed by atoms with Crippen molar-refractivity contribution < 1.29 is 9.84 Å². The van der Waals surface area contributed by atoms with Crippen molar-refractivity contribution in [3.63, 3.8) is 0 Å². The van der Waals surface area contributed by atoms with Gasteiger partial charge in [-0.1, -0.05) is 18.2 Å². The maximum absolute atomic E-state index is 10.8. The Morgan fingerprint density at radius 1 is 1.11 bits per heavy atom. The average molecular weight is 374 g/mol. The second-order valence-corrected chi connectivity index (χ2v) is 7.48. The summed E-state index contributed by atoms with van der Waals surface area (Å²) in [4.78, 5) is 9.29. The molecular formula is C22H22N4O2. The molecule has 4 aromatic rings. The summed E-state index contributed by atoms with van der Waals surface area (Å²) in [5, 5.41) is 17.2. The molecule has 5 rings (SSSR count). The van der Waals surface area contributed by atoms with Gasteiger partial charge < -0.3 is 9.84 Å². The van der Waals surface area contributed by atoms with E-state index in [-0.39, 0.29) is 5.92 Å². The molecule has 142 valence electrons. The summed E-state index contributed by atoms with van der Waals surface area (Å²) in [5.74, 6) is 0.242. The van der Waals surface area contributed by atoms with Crippen molar-refractivity contribution in [2.45, 2.75) is 18.9 Å². The lowest BCUT2D eigenvalue weighted by Crippen LogP contribution is -2.21. The van der Waals surface area contributed by atoms with Gasteiger partial charge >= 0.3 is 0 Å². The molecule has 1 saturated heterocycles. The maximum Gasteiger partial charge on any atom is 0.181 e. The summed E-state index contributed by atoms with van der Waals surface area (Å²) in [6, 6.07) is 12.2. The Kier molecular flexibility index (Phi) is 4.30. The predicted octanol–water partition coefficient (Wildman–Crippen LogP) is 3.64. The van der Waals surface area contributed by atoms with E-state index in [9.17, 15) is 5.11 Å². The largest absolute Gasteiger partial charge is 0.388 e. The molecule has 3 aromatic heterocycles. The van der Waals surface area contributed by atoms with Crippen molar-refractivity contribution >= 4 is 21.9 Å². The molecule has 0 bridgehead atoms. The van der Waals surface area contributed by atoms with Crippen LogP contribution in [0.2, 0.25) is 0 Å². The van der Waals surface area contributed by atoms with Crippen LogP contribution in [0.4, 0.5) is 0 Å². The molecule has 4 heterocycles. The van der Waals surface area contributed by atoms with E-state index >= 15 is 0 Å². The first-order valence-corrected chi connectivity index (χ1v) is 9.64. The summed E-state index contributed by atoms with van der Waals surface area (Å²) in [6.45, 7) is 1.45. The van der Waals surface area contributed by atoms with Crippen molar-refractivity contribution in [1.82, 2.24) is 19.7 Å². The number of nitrogens with zero attached hydrogens (tertiary/aromatic N) is 4. The number of rotatable bonds is 3. The monoisotopic (exact) mass is 374 g/mol. The van der Waals surface area contributed by atoms with Gasteiger partial charge in [-0.15, -0.1) is 0 Å². The van der Waals surface area contributed by atoms with E-state index in [1.54, 1.807) is 4.68 Å². The van der Waals surface area contributed by atoms with E-state index < -0.39 is 6.10 Å². The minimum Gasteiger partial charge on any atom is -0.388 e. The molecule has 6 nitrogen and oxygen atoms in total. The number of benzene rings is 1. The second-order valence-electron chi connectivity index (χ2n) is 7.48. The van der Waals surface area contributed by atoms with Crippen LogP contribution in [-0.2, 0) is 11.8 Å². The topological polar surface area (TPSA) is 73.1 Å². The van der Waals surface area contributed by atoms with Crippen LogP contribution in [0, 0.1) is 5.92 Å². The first kappa shape index (κ1) is 17.3. The van der Waals surface area contributed by atoms with Crippen molar-refractivity contribution in [3.05, 3.63) is 54.4 Å². The molecule has 1 N–H and O–H groups in total. The summed E-state index contributed by atoms with van der Waals surface area (Å²) in [6.07, 6.45) is 5.07. The summed E-state index contributed by atoms with van der Waals surface area (Å²) >= 11 is 0. The van der Waals surface area contributed by atoms with Crippen LogP contribution in [0.5, 0.6) is 0 Å². The fraction of sp³-hybridized carbons (Fsp3) is 0.318. The number of hydrogen-bond donors (Lipinski definition) is 1. The normalized spacial score (nSPS) is 16.6. The van der Waals surface area contributed by atoms with Crippen LogP contribution in [0.1, 0.15) is 24.5 Å². The van der Waals surface area contributed by atoms with Crippen molar-refractivity contribution in [3.8, 4) is 11.3 Å². The first-order chi connectivity index (χ1) is 13.7. The average Bonchev–Trinajstić information content (AvgIpc) is 3.12. The highest BCUT2D eigenvalue weighted by atomic mass is 16.5. The Balaban J connectivity index is 1.51. The SMILES string of the molecule is Cn1cc2cc(-c3ccc4ccc([C@H](O)C5CCOCC5)cc4n3)cnc2n1. The Bertz CT molecular complexity index is 1150. The standard InChI is InChI=1S/C22H22N4O2/c1-26-13-18-10-17(12-23-22(18)25-26)19-5-4-14-2-3-16(11-20(14)24-19)21(27)15-6-8-28-9-7-15/h2-5,10-13,15,21,27H,6-9H2,1H3/t21-/m1/s1. The molecule has 0 unspecified atom stereocenters. The van der Waals surface area contributed by atoms with Gasteiger partial charge in [-0.2, -0.15) is 5.10 Å². The van der Waals surface area contributed by atoms with Crippen molar-refractivity contribution in [2.75, 3.05) is 13.2 Å². The molecule has 1 fully saturated rings. The molecule has 0 aliphatic carbocycles. The lowest BCUT2D eigenvalue weighted by Gasteiger charge is -2.27. The van der Waals surface area contributed by atoms with E-state index in [0.717, 1.165) is 64.8 Å². The third-order valence-corrected chi connectivity index (χ3v) is 5.54. The highest BCUT2D eigenvalue weighted by molar-refractivity contribution is 5.84. The minimum atomic E-state index is -0.479. The summed E-state index contributed by atoms with van der Waals surface area (Å²) in [5.41, 5.74) is 4.35. The summed E-state index contributed by atoms with van der Waals surface area (Å²) in [7, 11) is 1.89. The molecule has 0 radical (unpaired) electrons. The molecule has 0 spiro atoms. The van der Waals surface area contributed by atoms with Gasteiger partial charge in [0, 0.05) is 49.0 Å². The van der Waals surface area contributed by atoms with E-state index in [1.807, 2.05) is 43.7 Å². The summed E-state index contributed by atoms with van der Waals surface area (Å²) < 4.78 is 7.18. The molecule has 1 aliphatic heterocycles. The third kappa shape index (κ3) is 3.15. The number of aliphatic hydroxyl groups excluding tert-OH is 1. The highest BCUT2D eigenvalue weighted by Crippen LogP contribution is 2.32. The van der Waals surface area contributed by atoms with Crippen LogP contribution in [-0.4, -0.2) is 38.1 Å². The van der Waals surface area contributed by atoms with Crippen LogP contribution < -0.4 is 0 Å². The van der Waals surface area contributed by atoms with Gasteiger partial charge in [0.15, 0.2) is 5.65 Å². The van der Waals surface area contributed by atoms with Crippen molar-refractivity contribution in [1.29, 1.82) is 0 Å². The minimum absolute atomic E-state index is 0.242. The van der Waals surface area contributed by atoms with Crippen LogP contribution in [0.25, 0.3) is 33.2 Å². The Labute approximate surface area is 162 Å². The van der Waals surface area contributed by atoms with Gasteiger partial charge in [-0.3, -0.25) is 4.68 Å². The molecule has 28 heavy (non-hydrogen) atoms. The molecule has 0 amide bonds. The lowest BCUT2D eigenvalue weighted by atomic mass is 9.89.